The summed E-state index contributed by atoms with van der Waals surface area (Å²) in [6, 6.07) is 11.1. The minimum atomic E-state index is -4.80. The summed E-state index contributed by atoms with van der Waals surface area (Å²) in [5.74, 6) is -1.71. The molecule has 0 radical (unpaired) electrons. The molecule has 8 N–H and O–H groups in total. The third-order valence-corrected chi connectivity index (χ3v) is 13.0. The Morgan fingerprint density at radius 2 is 1.01 bits per heavy atom. The molecule has 0 spiro atoms. The van der Waals surface area contributed by atoms with Gasteiger partial charge in [0.05, 0.1) is 33.6 Å². The zero-order valence-electron chi connectivity index (χ0n) is 45.8. The van der Waals surface area contributed by atoms with E-state index in [9.17, 15) is 58.3 Å². The molecule has 4 heterocycles. The number of esters is 2. The lowest BCUT2D eigenvalue weighted by molar-refractivity contribution is -0.150. The van der Waals surface area contributed by atoms with Crippen LogP contribution < -0.4 is 41.7 Å². The van der Waals surface area contributed by atoms with Crippen molar-refractivity contribution in [3.8, 4) is 11.5 Å². The van der Waals surface area contributed by atoms with Gasteiger partial charge >= 0.3 is 38.8 Å². The average molecular weight is 1060 g/mol. The molecule has 2 aromatic carbocycles. The van der Waals surface area contributed by atoms with Gasteiger partial charge in [0.1, 0.15) is 59.2 Å². The fourth-order valence-electron chi connectivity index (χ4n) is 6.48. The highest BCUT2D eigenvalue weighted by atomic mass is 31.2. The van der Waals surface area contributed by atoms with Gasteiger partial charge in [0.2, 0.25) is 0 Å². The number of carbonyl (C=O) groups is 2. The van der Waals surface area contributed by atoms with E-state index in [4.69, 9.17) is 45.3 Å². The molecule has 0 aliphatic carbocycles. The number of benzene rings is 2. The molecule has 0 unspecified atom stereocenters. The quantitative estimate of drug-likeness (QED) is 0.0457. The first-order chi connectivity index (χ1) is 35.9. The van der Waals surface area contributed by atoms with Crippen LogP contribution in [-0.2, 0) is 46.7 Å². The van der Waals surface area contributed by atoms with Gasteiger partial charge in [0.25, 0.3) is 11.1 Å². The number of aliphatic hydroxyl groups is 4. The second-order valence-electron chi connectivity index (χ2n) is 16.9. The molecular formula is C44H60N6O20P2. The van der Waals surface area contributed by atoms with E-state index in [2.05, 4.69) is 10.2 Å². The molecule has 0 amide bonds. The molecule has 2 aliphatic heterocycles. The van der Waals surface area contributed by atoms with Gasteiger partial charge in [-0.2, -0.15) is 10.2 Å². The number of H-pyrrole nitrogens is 2. The fraction of sp³-hybridized carbons (Fsp3) is 0.500. The number of hydrogen-bond donors (Lipinski definition) is 8. The van der Waals surface area contributed by atoms with Crippen LogP contribution >= 0.6 is 15.5 Å². The minimum absolute atomic E-state index is 0.0194. The molecule has 2 saturated heterocycles. The second-order valence-corrected chi connectivity index (χ2v) is 20.2. The minimum Gasteiger partial charge on any atom is -0.462 e. The molecule has 396 valence electrons. The van der Waals surface area contributed by atoms with Crippen LogP contribution in [0.1, 0.15) is 76.1 Å². The van der Waals surface area contributed by atoms with E-state index in [-0.39, 0.29) is 11.5 Å². The van der Waals surface area contributed by atoms with Crippen molar-refractivity contribution < 1.29 is 84.4 Å². The van der Waals surface area contributed by atoms with Crippen molar-refractivity contribution in [1.29, 1.82) is 0 Å². The van der Waals surface area contributed by atoms with Crippen LogP contribution in [0.25, 0.3) is 0 Å². The fourth-order valence-corrected chi connectivity index (χ4v) is 9.21. The summed E-state index contributed by atoms with van der Waals surface area (Å²) in [5.41, 5.74) is -8.95. The number of nitrogens with one attached hydrogen (secondary N) is 4. The van der Waals surface area contributed by atoms with Gasteiger partial charge in [-0.25, -0.2) is 18.7 Å². The van der Waals surface area contributed by atoms with Crippen LogP contribution in [-0.4, -0.2) is 124 Å². The summed E-state index contributed by atoms with van der Waals surface area (Å²) in [5, 5.41) is 48.1. The first-order valence-electron chi connectivity index (χ1n) is 24.8. The van der Waals surface area contributed by atoms with Crippen molar-refractivity contribution in [1.82, 2.24) is 29.3 Å². The van der Waals surface area contributed by atoms with Crippen molar-refractivity contribution in [2.24, 2.45) is 0 Å². The molecule has 0 bridgehead atoms. The van der Waals surface area contributed by atoms with E-state index in [0.29, 0.717) is 9.13 Å². The van der Waals surface area contributed by atoms with Crippen molar-refractivity contribution in [3.05, 3.63) is 127 Å². The zero-order chi connectivity index (χ0) is 58.7. The maximum Gasteiger partial charge on any atom is 0.459 e. The van der Waals surface area contributed by atoms with E-state index in [0.717, 1.165) is 26.2 Å². The summed E-state index contributed by atoms with van der Waals surface area (Å²) in [4.78, 5) is 76.2. The van der Waals surface area contributed by atoms with E-state index < -0.39 is 147 Å². The van der Waals surface area contributed by atoms with Gasteiger partial charge < -0.3 is 48.4 Å². The van der Waals surface area contributed by atoms with Crippen molar-refractivity contribution >= 4 is 27.4 Å². The number of rotatable bonds is 20. The van der Waals surface area contributed by atoms with Crippen molar-refractivity contribution in [3.63, 3.8) is 0 Å². The zero-order valence-corrected chi connectivity index (χ0v) is 41.6. The Kier molecular flexibility index (Phi) is 16.2. The Hall–Kier alpha value is -5.60. The number of ether oxygens (including phenoxy) is 4. The summed E-state index contributed by atoms with van der Waals surface area (Å²) < 4.78 is 120. The molecule has 72 heavy (non-hydrogen) atoms. The van der Waals surface area contributed by atoms with Gasteiger partial charge in [0.15, 0.2) is 12.5 Å². The van der Waals surface area contributed by atoms with Gasteiger partial charge in [-0.15, -0.1) is 0 Å². The number of nitrogens with zero attached hydrogens (tertiary/aromatic N) is 2. The highest BCUT2D eigenvalue weighted by Crippen LogP contribution is 2.48. The highest BCUT2D eigenvalue weighted by molar-refractivity contribution is 7.52. The number of aromatic amines is 2. The molecule has 2 aliphatic rings. The van der Waals surface area contributed by atoms with Crippen molar-refractivity contribution in [2.45, 2.75) is 128 Å². The van der Waals surface area contributed by atoms with Crippen LogP contribution in [0.2, 0.25) is 0 Å². The monoisotopic (exact) mass is 1060 g/mol. The van der Waals surface area contributed by atoms with Crippen LogP contribution in [0.5, 0.6) is 11.5 Å². The molecule has 2 fully saturated rings. The standard InChI is InChI=1S/2C22H30N3O10P/c2*1-13(2)33-19(28)14(3)24-36(31,35-15-8-6-5-7-9-15)32-12-16-18(27)22(4,30)20(34-16)25-11-10-17(26)23-21(25)29/h2*5-11,13-14,16,18,20,27,30H,12H2,1-4H3,(H,24,31)(H,23,26,29)/t14-,16+,18+,20+,22+,36+;14-,16+,18+,20+,22+,36-/m00/s1/i2*10D,12D2. The number of carbonyl (C=O) groups excluding carboxylic acids is 2. The molecule has 28 heteroatoms. The SMILES string of the molecule is [2H]c1cn([C@@H]2O[C@H](C([2H])([2H])O[P@@](=O)(N[C@@H](C)C(=O)OC(C)C)Oc3ccccc3)[C@@H](O)[C@@]2(C)O)c(=O)[nH]c1=O.[2H]c1cn([C@@H]2O[C@H](C([2H])([2H])O[P@](=O)(N[C@@H](C)C(=O)OC(C)C)Oc3ccccc3)[C@@H](O)[C@@]2(C)O)c(=O)[nH]c1=O. The third kappa shape index (κ3) is 14.8. The number of aromatic nitrogens is 4. The summed E-state index contributed by atoms with van der Waals surface area (Å²) in [7, 11) is -9.59. The molecule has 26 nitrogen and oxygen atoms in total. The summed E-state index contributed by atoms with van der Waals surface area (Å²) in [6.45, 7) is 4.64. The molecule has 4 aromatic rings. The molecule has 12 atom stereocenters. The third-order valence-electron chi connectivity index (χ3n) is 10.0. The number of para-hydroxylation sites is 2. The first kappa shape index (κ1) is 48.7. The Balaban J connectivity index is 0.000000287. The average Bonchev–Trinajstić information content (AvgIpc) is 3.71. The normalized spacial score (nSPS) is 28.0. The lowest BCUT2D eigenvalue weighted by atomic mass is 9.96. The predicted molar refractivity (Wildman–Crippen MR) is 253 cm³/mol. The van der Waals surface area contributed by atoms with Crippen LogP contribution in [0, 0.1) is 0 Å². The smallest absolute Gasteiger partial charge is 0.459 e. The molecule has 2 aromatic heterocycles. The first-order valence-corrected chi connectivity index (χ1v) is 24.9. The Morgan fingerprint density at radius 3 is 1.33 bits per heavy atom. The lowest BCUT2D eigenvalue weighted by Crippen LogP contribution is -2.47. The van der Waals surface area contributed by atoms with Crippen LogP contribution in [0.4, 0.5) is 0 Å². The maximum absolute atomic E-state index is 13.8. The van der Waals surface area contributed by atoms with Gasteiger partial charge in [-0.1, -0.05) is 36.4 Å². The predicted octanol–water partition coefficient (Wildman–Crippen LogP) is 1.36. The number of hydrogen-bond acceptors (Lipinski definition) is 20. The van der Waals surface area contributed by atoms with Gasteiger partial charge in [-0.05, 0) is 79.7 Å². The number of aliphatic hydroxyl groups excluding tert-OH is 2. The van der Waals surface area contributed by atoms with Crippen LogP contribution in [0.15, 0.2) is 104 Å². The van der Waals surface area contributed by atoms with E-state index in [1.54, 1.807) is 64.1 Å². The summed E-state index contributed by atoms with van der Waals surface area (Å²) >= 11 is 0. The van der Waals surface area contributed by atoms with Crippen molar-refractivity contribution in [2.75, 3.05) is 13.1 Å². The van der Waals surface area contributed by atoms with Crippen LogP contribution in [0.3, 0.4) is 0 Å². The Bertz CT molecular complexity index is 2910. The Morgan fingerprint density at radius 1 is 0.681 bits per heavy atom. The Labute approximate surface area is 419 Å². The van der Waals surface area contributed by atoms with Gasteiger partial charge in [0, 0.05) is 24.5 Å². The molecular weight excluding hydrogens is 994 g/mol. The second kappa shape index (κ2) is 24.0. The van der Waals surface area contributed by atoms with E-state index in [1.165, 1.54) is 38.1 Å². The van der Waals surface area contributed by atoms with E-state index >= 15 is 0 Å². The molecule has 0 saturated carbocycles. The maximum atomic E-state index is 13.8. The highest BCUT2D eigenvalue weighted by Gasteiger charge is 2.55. The van der Waals surface area contributed by atoms with Gasteiger partial charge in [-0.3, -0.25) is 47.3 Å². The summed E-state index contributed by atoms with van der Waals surface area (Å²) in [6.07, 6.45) is -11.5. The van der Waals surface area contributed by atoms with E-state index in [1.807, 2.05) is 9.97 Å². The molecule has 6 rings (SSSR count). The largest absolute Gasteiger partial charge is 0.462 e. The topological polar surface area (TPSA) is 357 Å². The lowest BCUT2D eigenvalue weighted by Gasteiger charge is -2.27.